The predicted octanol–water partition coefficient (Wildman–Crippen LogP) is 0.628. The fraction of sp³-hybridized carbons (Fsp3) is 0. The molecule has 0 saturated carbocycles. The monoisotopic (exact) mass is 274 g/mol. The first-order valence-corrected chi connectivity index (χ1v) is 5.65. The van der Waals surface area contributed by atoms with E-state index in [1.54, 1.807) is 0 Å². The lowest BCUT2D eigenvalue weighted by atomic mass is 10.2. The van der Waals surface area contributed by atoms with E-state index in [2.05, 4.69) is 15.0 Å². The van der Waals surface area contributed by atoms with Gasteiger partial charge in [-0.25, -0.2) is 4.90 Å². The number of aromatic amines is 2. The second kappa shape index (κ2) is 3.95. The van der Waals surface area contributed by atoms with Crippen LogP contribution in [-0.4, -0.2) is 26.8 Å². The summed E-state index contributed by atoms with van der Waals surface area (Å²) in [7, 11) is 0. The third-order valence-electron chi connectivity index (χ3n) is 2.73. The third-order valence-corrected chi connectivity index (χ3v) is 2.95. The highest BCUT2D eigenvalue weighted by molar-refractivity contribution is 7.71. The molecule has 0 fully saturated rings. The van der Waals surface area contributed by atoms with Crippen molar-refractivity contribution in [3.05, 3.63) is 50.9 Å². The fourth-order valence-electron chi connectivity index (χ4n) is 1.87. The molecular formula is C11H6N4O3S. The highest BCUT2D eigenvalue weighted by Gasteiger charge is 2.38. The number of hydrogen-bond acceptors (Lipinski definition) is 5. The normalized spacial score (nSPS) is 13.8. The number of nitrogens with one attached hydrogen (secondary N) is 2. The molecule has 2 aromatic rings. The van der Waals surface area contributed by atoms with Crippen LogP contribution < -0.4 is 10.5 Å². The Labute approximate surface area is 110 Å². The molecular weight excluding hydrogens is 268 g/mol. The number of pyridine rings is 1. The van der Waals surface area contributed by atoms with Gasteiger partial charge in [-0.1, -0.05) is 0 Å². The van der Waals surface area contributed by atoms with Gasteiger partial charge in [-0.3, -0.25) is 24.4 Å². The first kappa shape index (κ1) is 11.5. The molecule has 1 aliphatic rings. The molecule has 2 aromatic heterocycles. The second-order valence-corrected chi connectivity index (χ2v) is 4.23. The number of anilines is 1. The van der Waals surface area contributed by atoms with E-state index < -0.39 is 17.4 Å². The van der Waals surface area contributed by atoms with Crippen LogP contribution in [0.5, 0.6) is 0 Å². The molecule has 2 amide bonds. The van der Waals surface area contributed by atoms with Crippen LogP contribution in [0.2, 0.25) is 0 Å². The lowest BCUT2D eigenvalue weighted by Crippen LogP contribution is -2.34. The Kier molecular flexibility index (Phi) is 2.39. The van der Waals surface area contributed by atoms with E-state index in [0.29, 0.717) is 0 Å². The van der Waals surface area contributed by atoms with Gasteiger partial charge in [-0.15, -0.1) is 0 Å². The standard InChI is InChI=1S/C11H6N4O3S/c16-8-7(4-13-11(19)14-8)15-9(17)5-1-2-12-3-6(5)10(15)18/h1-4H,(H2,13,14,16,19). The van der Waals surface area contributed by atoms with Gasteiger partial charge in [0.15, 0.2) is 4.77 Å². The Hall–Kier alpha value is -2.61. The fourth-order valence-corrected chi connectivity index (χ4v) is 2.02. The van der Waals surface area contributed by atoms with Crippen molar-refractivity contribution < 1.29 is 9.59 Å². The van der Waals surface area contributed by atoms with Crippen molar-refractivity contribution in [2.45, 2.75) is 0 Å². The molecule has 3 rings (SSSR count). The van der Waals surface area contributed by atoms with Crippen molar-refractivity contribution in [2.75, 3.05) is 4.90 Å². The molecule has 1 aliphatic heterocycles. The molecule has 0 aromatic carbocycles. The Morgan fingerprint density at radius 3 is 2.58 bits per heavy atom. The zero-order valence-corrected chi connectivity index (χ0v) is 10.2. The van der Waals surface area contributed by atoms with Gasteiger partial charge in [-0.05, 0) is 18.3 Å². The van der Waals surface area contributed by atoms with Crippen molar-refractivity contribution in [3.63, 3.8) is 0 Å². The van der Waals surface area contributed by atoms with Crippen molar-refractivity contribution in [1.29, 1.82) is 0 Å². The van der Waals surface area contributed by atoms with Gasteiger partial charge in [0.2, 0.25) is 0 Å². The molecule has 0 radical (unpaired) electrons. The summed E-state index contributed by atoms with van der Waals surface area (Å²) in [5, 5.41) is 0. The zero-order chi connectivity index (χ0) is 13.6. The number of hydrogen-bond donors (Lipinski definition) is 2. The van der Waals surface area contributed by atoms with Crippen LogP contribution >= 0.6 is 12.2 Å². The summed E-state index contributed by atoms with van der Waals surface area (Å²) in [5.74, 6) is -1.14. The van der Waals surface area contributed by atoms with Crippen molar-refractivity contribution in [1.82, 2.24) is 15.0 Å². The zero-order valence-electron chi connectivity index (χ0n) is 9.34. The van der Waals surface area contributed by atoms with E-state index in [4.69, 9.17) is 12.2 Å². The Bertz CT molecular complexity index is 788. The summed E-state index contributed by atoms with van der Waals surface area (Å²) < 4.78 is 0.118. The number of carbonyl (C=O) groups is 2. The molecule has 19 heavy (non-hydrogen) atoms. The van der Waals surface area contributed by atoms with Crippen LogP contribution in [0, 0.1) is 4.77 Å². The minimum Gasteiger partial charge on any atom is -0.337 e. The summed E-state index contributed by atoms with van der Waals surface area (Å²) >= 11 is 4.75. The maximum atomic E-state index is 12.1. The number of imide groups is 1. The van der Waals surface area contributed by atoms with Crippen LogP contribution in [0.15, 0.2) is 29.5 Å². The quantitative estimate of drug-likeness (QED) is 0.587. The number of rotatable bonds is 1. The predicted molar refractivity (Wildman–Crippen MR) is 67.6 cm³/mol. The summed E-state index contributed by atoms with van der Waals surface area (Å²) in [5.41, 5.74) is -0.304. The van der Waals surface area contributed by atoms with Gasteiger partial charge >= 0.3 is 0 Å². The van der Waals surface area contributed by atoms with Crippen LogP contribution in [-0.2, 0) is 0 Å². The molecule has 2 N–H and O–H groups in total. The van der Waals surface area contributed by atoms with Gasteiger partial charge in [-0.2, -0.15) is 0 Å². The number of nitrogens with zero attached hydrogens (tertiary/aromatic N) is 2. The van der Waals surface area contributed by atoms with Gasteiger partial charge in [0.05, 0.1) is 11.1 Å². The smallest absolute Gasteiger partial charge is 0.276 e. The molecule has 3 heterocycles. The minimum absolute atomic E-state index is 0.0974. The molecule has 7 nitrogen and oxygen atoms in total. The molecule has 0 bridgehead atoms. The number of aromatic nitrogens is 3. The van der Waals surface area contributed by atoms with Crippen LogP contribution in [0.3, 0.4) is 0 Å². The summed E-state index contributed by atoms with van der Waals surface area (Å²) in [6.45, 7) is 0. The Morgan fingerprint density at radius 2 is 1.89 bits per heavy atom. The SMILES string of the molecule is O=C1c2ccncc2C(=O)N1c1c[nH]c(=S)[nH]c1=O. The third kappa shape index (κ3) is 1.61. The van der Waals surface area contributed by atoms with Crippen LogP contribution in [0.1, 0.15) is 20.7 Å². The van der Waals surface area contributed by atoms with E-state index in [1.807, 2.05) is 0 Å². The van der Waals surface area contributed by atoms with Gasteiger partial charge in [0.1, 0.15) is 5.69 Å². The Morgan fingerprint density at radius 1 is 1.16 bits per heavy atom. The topological polar surface area (TPSA) is 98.9 Å². The van der Waals surface area contributed by atoms with Crippen LogP contribution in [0.25, 0.3) is 0 Å². The number of fused-ring (bicyclic) bond motifs is 1. The van der Waals surface area contributed by atoms with E-state index in [1.165, 1.54) is 24.7 Å². The van der Waals surface area contributed by atoms with E-state index in [9.17, 15) is 14.4 Å². The van der Waals surface area contributed by atoms with Crippen molar-refractivity contribution in [2.24, 2.45) is 0 Å². The molecule has 0 unspecified atom stereocenters. The summed E-state index contributed by atoms with van der Waals surface area (Å²) in [4.78, 5) is 45.5. The average molecular weight is 274 g/mol. The number of H-pyrrole nitrogens is 2. The van der Waals surface area contributed by atoms with Gasteiger partial charge in [0.25, 0.3) is 17.4 Å². The number of carbonyl (C=O) groups excluding carboxylic acids is 2. The summed E-state index contributed by atoms with van der Waals surface area (Å²) in [6.07, 6.45) is 3.95. The van der Waals surface area contributed by atoms with Crippen LogP contribution in [0.4, 0.5) is 5.69 Å². The Balaban J connectivity index is 2.19. The van der Waals surface area contributed by atoms with Crippen molar-refractivity contribution in [3.8, 4) is 0 Å². The van der Waals surface area contributed by atoms with Gasteiger partial charge in [0, 0.05) is 18.6 Å². The lowest BCUT2D eigenvalue weighted by molar-refractivity contribution is 0.0925. The lowest BCUT2D eigenvalue weighted by Gasteiger charge is -2.11. The molecule has 0 atom stereocenters. The first-order valence-electron chi connectivity index (χ1n) is 5.24. The molecule has 0 aliphatic carbocycles. The molecule has 94 valence electrons. The average Bonchev–Trinajstić information content (AvgIpc) is 2.64. The molecule has 0 saturated heterocycles. The summed E-state index contributed by atoms with van der Waals surface area (Å²) in [6, 6.07) is 1.44. The first-order chi connectivity index (χ1) is 9.09. The van der Waals surface area contributed by atoms with Crippen molar-refractivity contribution >= 4 is 29.7 Å². The highest BCUT2D eigenvalue weighted by Crippen LogP contribution is 2.24. The van der Waals surface area contributed by atoms with E-state index >= 15 is 0 Å². The van der Waals surface area contributed by atoms with E-state index in [0.717, 1.165) is 4.90 Å². The largest absolute Gasteiger partial charge is 0.337 e. The van der Waals surface area contributed by atoms with Gasteiger partial charge < -0.3 is 4.98 Å². The maximum absolute atomic E-state index is 12.1. The molecule has 8 heteroatoms. The maximum Gasteiger partial charge on any atom is 0.276 e. The minimum atomic E-state index is -0.605. The second-order valence-electron chi connectivity index (χ2n) is 3.82. The molecule has 0 spiro atoms. The van der Waals surface area contributed by atoms with E-state index in [-0.39, 0.29) is 21.6 Å². The number of amides is 2. The highest BCUT2D eigenvalue weighted by atomic mass is 32.1.